The first-order valence-electron chi connectivity index (χ1n) is 5.99. The summed E-state index contributed by atoms with van der Waals surface area (Å²) >= 11 is 3.30. The fourth-order valence-corrected chi connectivity index (χ4v) is 2.28. The average Bonchev–Trinajstić information content (AvgIpc) is 3.17. The molecular formula is C12H14BrN3O4. The Balaban J connectivity index is 2.04. The molecule has 1 saturated carbocycles. The molecule has 0 bridgehead atoms. The fraction of sp³-hybridized carbons (Fsp3) is 0.417. The minimum absolute atomic E-state index is 0.0236. The van der Waals surface area contributed by atoms with Gasteiger partial charge in [0.2, 0.25) is 0 Å². The molecule has 7 nitrogen and oxygen atoms in total. The summed E-state index contributed by atoms with van der Waals surface area (Å²) in [5.41, 5.74) is 5.36. The number of nitro groups is 1. The summed E-state index contributed by atoms with van der Waals surface area (Å²) in [6.45, 7) is 0.378. The van der Waals surface area contributed by atoms with Crippen LogP contribution in [0.1, 0.15) is 19.3 Å². The van der Waals surface area contributed by atoms with Crippen LogP contribution >= 0.6 is 15.9 Å². The van der Waals surface area contributed by atoms with E-state index in [1.807, 2.05) is 0 Å². The zero-order valence-electron chi connectivity index (χ0n) is 10.6. The number of nitro benzene ring substituents is 1. The molecule has 20 heavy (non-hydrogen) atoms. The van der Waals surface area contributed by atoms with Crippen molar-refractivity contribution < 1.29 is 14.9 Å². The third-order valence-corrected chi connectivity index (χ3v) is 3.96. The van der Waals surface area contributed by atoms with Gasteiger partial charge >= 0.3 is 0 Å². The largest absolute Gasteiger partial charge is 0.492 e. The Morgan fingerprint density at radius 1 is 1.60 bits per heavy atom. The molecule has 1 aromatic carbocycles. The maximum absolute atomic E-state index is 10.7. The van der Waals surface area contributed by atoms with E-state index in [4.69, 9.17) is 15.7 Å². The predicted octanol–water partition coefficient (Wildman–Crippen LogP) is 2.65. The van der Waals surface area contributed by atoms with E-state index in [1.165, 1.54) is 12.1 Å². The van der Waals surface area contributed by atoms with Gasteiger partial charge in [0.15, 0.2) is 0 Å². The first-order valence-corrected chi connectivity index (χ1v) is 6.78. The molecular weight excluding hydrogens is 330 g/mol. The molecule has 1 aliphatic rings. The first kappa shape index (κ1) is 14.6. The van der Waals surface area contributed by atoms with E-state index in [2.05, 4.69) is 21.1 Å². The lowest BCUT2D eigenvalue weighted by atomic mass is 10.0. The van der Waals surface area contributed by atoms with Gasteiger partial charge < -0.3 is 15.7 Å². The van der Waals surface area contributed by atoms with Crippen molar-refractivity contribution >= 4 is 27.5 Å². The van der Waals surface area contributed by atoms with Gasteiger partial charge in [-0.2, -0.15) is 0 Å². The second kappa shape index (κ2) is 5.66. The number of hydrogen-bond acceptors (Lipinski definition) is 5. The normalized spacial score (nSPS) is 16.8. The van der Waals surface area contributed by atoms with Crippen LogP contribution in [0.15, 0.2) is 27.8 Å². The monoisotopic (exact) mass is 343 g/mol. The average molecular weight is 344 g/mol. The van der Waals surface area contributed by atoms with Crippen molar-refractivity contribution in [2.24, 2.45) is 16.3 Å². The van der Waals surface area contributed by atoms with E-state index in [1.54, 1.807) is 6.07 Å². The SMILES string of the molecule is N/C(CC1(COc2cc([N+](=O)[O-])ccc2Br)CC1)=N/O. The molecule has 2 rings (SSSR count). The highest BCUT2D eigenvalue weighted by Crippen LogP contribution is 2.49. The van der Waals surface area contributed by atoms with Crippen molar-refractivity contribution in [2.75, 3.05) is 6.61 Å². The van der Waals surface area contributed by atoms with Gasteiger partial charge in [-0.1, -0.05) is 5.16 Å². The molecule has 0 aliphatic heterocycles. The highest BCUT2D eigenvalue weighted by molar-refractivity contribution is 9.10. The first-order chi connectivity index (χ1) is 9.46. The van der Waals surface area contributed by atoms with Gasteiger partial charge in [-0.3, -0.25) is 10.1 Å². The molecule has 8 heteroatoms. The van der Waals surface area contributed by atoms with Gasteiger partial charge in [0.25, 0.3) is 5.69 Å². The van der Waals surface area contributed by atoms with Crippen LogP contribution in [0.2, 0.25) is 0 Å². The number of non-ortho nitro benzene ring substituents is 1. The van der Waals surface area contributed by atoms with Crippen LogP contribution in [-0.4, -0.2) is 22.6 Å². The summed E-state index contributed by atoms with van der Waals surface area (Å²) < 4.78 is 6.31. The lowest BCUT2D eigenvalue weighted by Gasteiger charge is -2.16. The van der Waals surface area contributed by atoms with Crippen molar-refractivity contribution in [1.29, 1.82) is 0 Å². The maximum atomic E-state index is 10.7. The Labute approximate surface area is 123 Å². The molecule has 0 heterocycles. The molecule has 3 N–H and O–H groups in total. The smallest absolute Gasteiger partial charge is 0.273 e. The second-order valence-electron chi connectivity index (χ2n) is 4.93. The number of amidine groups is 1. The predicted molar refractivity (Wildman–Crippen MR) is 76.0 cm³/mol. The van der Waals surface area contributed by atoms with Crippen molar-refractivity contribution in [1.82, 2.24) is 0 Å². The van der Waals surface area contributed by atoms with E-state index >= 15 is 0 Å². The number of rotatable bonds is 6. The van der Waals surface area contributed by atoms with Crippen LogP contribution in [0.4, 0.5) is 5.69 Å². The summed E-state index contributed by atoms with van der Waals surface area (Å²) in [6.07, 6.45) is 2.31. The van der Waals surface area contributed by atoms with Crippen LogP contribution in [0.5, 0.6) is 5.75 Å². The van der Waals surface area contributed by atoms with Crippen LogP contribution in [-0.2, 0) is 0 Å². The molecule has 0 saturated heterocycles. The minimum Gasteiger partial charge on any atom is -0.492 e. The third-order valence-electron chi connectivity index (χ3n) is 3.30. The van der Waals surface area contributed by atoms with Gasteiger partial charge in [-0.25, -0.2) is 0 Å². The van der Waals surface area contributed by atoms with E-state index in [0.29, 0.717) is 23.2 Å². The summed E-state index contributed by atoms with van der Waals surface area (Å²) in [4.78, 5) is 10.3. The number of halogens is 1. The molecule has 0 spiro atoms. The standard InChI is InChI=1S/C12H14BrN3O4/c13-9-2-1-8(16(18)19)5-10(9)20-7-12(3-4-12)6-11(14)15-17/h1-2,5,17H,3-4,6-7H2,(H2,14,15). The molecule has 0 amide bonds. The second-order valence-corrected chi connectivity index (χ2v) is 5.78. The Morgan fingerprint density at radius 3 is 2.85 bits per heavy atom. The van der Waals surface area contributed by atoms with E-state index < -0.39 is 4.92 Å². The maximum Gasteiger partial charge on any atom is 0.273 e. The van der Waals surface area contributed by atoms with E-state index in [0.717, 1.165) is 12.8 Å². The summed E-state index contributed by atoms with van der Waals surface area (Å²) in [7, 11) is 0. The fourth-order valence-electron chi connectivity index (χ4n) is 1.92. The third kappa shape index (κ3) is 3.38. The number of nitrogens with two attached hydrogens (primary N) is 1. The van der Waals surface area contributed by atoms with Crippen molar-refractivity contribution in [3.8, 4) is 5.75 Å². The number of oxime groups is 1. The molecule has 1 aliphatic carbocycles. The quantitative estimate of drug-likeness (QED) is 0.271. The number of benzene rings is 1. The summed E-state index contributed by atoms with van der Waals surface area (Å²) in [5.74, 6) is 0.592. The van der Waals surface area contributed by atoms with Crippen molar-refractivity contribution in [2.45, 2.75) is 19.3 Å². The van der Waals surface area contributed by atoms with Gasteiger partial charge in [-0.15, -0.1) is 0 Å². The molecule has 1 aromatic rings. The Hall–Kier alpha value is -1.83. The molecule has 0 aromatic heterocycles. The Morgan fingerprint density at radius 2 is 2.30 bits per heavy atom. The number of nitrogens with zero attached hydrogens (tertiary/aromatic N) is 2. The Bertz CT molecular complexity index is 558. The van der Waals surface area contributed by atoms with E-state index in [-0.39, 0.29) is 16.9 Å². The van der Waals surface area contributed by atoms with Crippen molar-refractivity contribution in [3.05, 3.63) is 32.8 Å². The number of ether oxygens (including phenoxy) is 1. The lowest BCUT2D eigenvalue weighted by molar-refractivity contribution is -0.385. The van der Waals surface area contributed by atoms with Gasteiger partial charge in [-0.05, 0) is 34.8 Å². The highest BCUT2D eigenvalue weighted by Gasteiger charge is 2.44. The van der Waals surface area contributed by atoms with Crippen molar-refractivity contribution in [3.63, 3.8) is 0 Å². The van der Waals surface area contributed by atoms with E-state index in [9.17, 15) is 10.1 Å². The molecule has 0 radical (unpaired) electrons. The molecule has 0 unspecified atom stereocenters. The van der Waals surface area contributed by atoms with Gasteiger partial charge in [0, 0.05) is 17.9 Å². The van der Waals surface area contributed by atoms with Gasteiger partial charge in [0.05, 0.1) is 22.1 Å². The lowest BCUT2D eigenvalue weighted by Crippen LogP contribution is -2.22. The molecule has 1 fully saturated rings. The zero-order chi connectivity index (χ0) is 14.8. The Kier molecular flexibility index (Phi) is 4.12. The summed E-state index contributed by atoms with van der Waals surface area (Å²) in [5, 5.41) is 22.3. The molecule has 0 atom stereocenters. The summed E-state index contributed by atoms with van der Waals surface area (Å²) in [6, 6.07) is 4.36. The highest BCUT2D eigenvalue weighted by atomic mass is 79.9. The van der Waals surface area contributed by atoms with Gasteiger partial charge in [0.1, 0.15) is 11.6 Å². The molecule has 108 valence electrons. The van der Waals surface area contributed by atoms with Crippen LogP contribution < -0.4 is 10.5 Å². The zero-order valence-corrected chi connectivity index (χ0v) is 12.2. The van der Waals surface area contributed by atoms with Crippen LogP contribution in [0.25, 0.3) is 0 Å². The number of hydrogen-bond donors (Lipinski definition) is 2. The topological polar surface area (TPSA) is 111 Å². The van der Waals surface area contributed by atoms with Crippen LogP contribution in [0, 0.1) is 15.5 Å². The van der Waals surface area contributed by atoms with Crippen LogP contribution in [0.3, 0.4) is 0 Å². The minimum atomic E-state index is -0.470.